The molecule has 8 aromatic rings. The van der Waals surface area contributed by atoms with E-state index < -0.39 is 111 Å². The number of esters is 2. The van der Waals surface area contributed by atoms with Gasteiger partial charge in [0.25, 0.3) is 17.8 Å². The minimum Gasteiger partial charge on any atom is -0.465 e. The van der Waals surface area contributed by atoms with Crippen molar-refractivity contribution in [3.8, 4) is 11.9 Å². The summed E-state index contributed by atoms with van der Waals surface area (Å²) in [5.41, 5.74) is 22.1. The van der Waals surface area contributed by atoms with Crippen LogP contribution in [-0.4, -0.2) is 250 Å². The fraction of sp³-hybridized carbons (Fsp3) is 0.447. The first kappa shape index (κ1) is 64.5. The maximum absolute atomic E-state index is 11.8. The normalized spacial score (nSPS) is 23.8. The van der Waals surface area contributed by atoms with E-state index in [0.29, 0.717) is 11.1 Å². The number of aldehydes is 2. The number of imidazole rings is 3. The smallest absolute Gasteiger partial charge is 0.341 e. The van der Waals surface area contributed by atoms with Crippen molar-refractivity contribution in [3.05, 3.63) is 54.9 Å². The minimum atomic E-state index is -1.32. The largest absolute Gasteiger partial charge is 0.465 e. The second-order valence-corrected chi connectivity index (χ2v) is 18.7. The second-order valence-electron chi connectivity index (χ2n) is 18.7. The summed E-state index contributed by atoms with van der Waals surface area (Å²) >= 11 is 0. The summed E-state index contributed by atoms with van der Waals surface area (Å²) in [4.78, 5) is 91.3. The highest BCUT2D eigenvalue weighted by molar-refractivity contribution is 6.02. The summed E-state index contributed by atoms with van der Waals surface area (Å²) in [5, 5.41) is 98.6. The Morgan fingerprint density at radius 2 is 0.977 bits per heavy atom. The number of rotatable bonds is 16. The van der Waals surface area contributed by atoms with Crippen molar-refractivity contribution in [3.63, 3.8) is 0 Å². The minimum absolute atomic E-state index is 0.0451. The van der Waals surface area contributed by atoms with E-state index in [1.54, 1.807) is 13.8 Å². The molecule has 88 heavy (non-hydrogen) atoms. The SMILES string of the molecule is CCOC(=O)C(C=O)C=O.CCOC(=O)c1cnn(-c2nc(N)c3ncn(C4O[C@H](CO)[C@@H](O)[C@H]4O)c3n2)c1.CNC(=O)c1cnn(-c2nc(N)c3ncn(C4O[C@H](CO)[C@@H](O)[C@H]4O)c3n2)c1.NNc1nc(N)c2ncn(C3O[C@H](CO)[C@@H](O)[C@H]3O)c2n1. The molecule has 3 fully saturated rings. The molecule has 472 valence electrons. The molecular formula is C47H60N22O19. The molecule has 41 nitrogen and oxygen atoms in total. The zero-order valence-electron chi connectivity index (χ0n) is 46.3. The Balaban J connectivity index is 0.000000160. The fourth-order valence-corrected chi connectivity index (χ4v) is 8.78. The molecule has 19 N–H and O–H groups in total. The molecule has 3 unspecified atom stereocenters. The molecule has 0 radical (unpaired) electrons. The number of aromatic nitrogens is 16. The summed E-state index contributed by atoms with van der Waals surface area (Å²) in [6.07, 6.45) is -3.41. The van der Waals surface area contributed by atoms with Gasteiger partial charge in [0, 0.05) is 19.4 Å². The number of aliphatic hydroxyl groups excluding tert-OH is 9. The number of fused-ring (bicyclic) bond motifs is 3. The van der Waals surface area contributed by atoms with E-state index in [-0.39, 0.29) is 101 Å². The van der Waals surface area contributed by atoms with Crippen molar-refractivity contribution in [2.24, 2.45) is 11.8 Å². The number of nitrogens with zero attached hydrogens (tertiary/aromatic N) is 16. The van der Waals surface area contributed by atoms with Gasteiger partial charge in [-0.3, -0.25) is 28.7 Å². The Morgan fingerprint density at radius 3 is 1.34 bits per heavy atom. The number of ether oxygens (including phenoxy) is 5. The number of hydrogen-bond donors (Lipinski definition) is 15. The average molecular weight is 1240 g/mol. The maximum Gasteiger partial charge on any atom is 0.341 e. The van der Waals surface area contributed by atoms with Gasteiger partial charge in [0.05, 0.1) is 75.5 Å². The van der Waals surface area contributed by atoms with Crippen LogP contribution in [0.15, 0.2) is 43.8 Å². The third-order valence-electron chi connectivity index (χ3n) is 13.3. The predicted molar refractivity (Wildman–Crippen MR) is 292 cm³/mol. The van der Waals surface area contributed by atoms with E-state index in [0.717, 1.165) is 0 Å². The highest BCUT2D eigenvalue weighted by Gasteiger charge is 2.46. The number of hydrazine groups is 1. The first-order valence-corrected chi connectivity index (χ1v) is 26.1. The molecular weight excluding hydrogens is 1180 g/mol. The number of nitrogens with one attached hydrogen (secondary N) is 2. The Hall–Kier alpha value is -9.50. The standard InChI is InChI=1S/C16H19N7O6.C15H18N8O5.C10H15N7O4.C6H8O4/c1-2-28-15(27)7-3-19-23(4-7)16-20-12(17)9-13(21-16)22(6-18-9)14-11(26)10(25)8(5-24)29-14;1-17-13(27)6-2-19-23(3-6)15-20-11(16)8-12(21-15)22(5-18-8)14-10(26)9(25)7(4-24)28-14;11-7-4-8(15-10(14-7)16-12)17(2-13-4)9-6(20)5(19)3(1-18)21-9;1-2-10-6(9)5(3-7)4-8/h3-4,6,8,10-11,14,24-26H,2,5H2,1H3,(H2,17,20,21);2-3,5,7,9-10,14,24-26H,4H2,1H3,(H,17,27)(H2,16,20,21);2-3,5-6,9,18-20H,1,12H2,(H3,11,14,15,16);3-5H,2H2,1H3/t8-,10-,11-,14?;7-,9-,10-,14?;3-,5-,6-,9?;/m111./s1. The van der Waals surface area contributed by atoms with Crippen LogP contribution in [0.3, 0.4) is 0 Å². The van der Waals surface area contributed by atoms with Crippen LogP contribution < -0.4 is 33.8 Å². The third-order valence-corrected chi connectivity index (χ3v) is 13.3. The lowest BCUT2D eigenvalue weighted by atomic mass is 10.1. The second kappa shape index (κ2) is 27.9. The van der Waals surface area contributed by atoms with Crippen LogP contribution >= 0.6 is 0 Å². The molecule has 0 saturated carbocycles. The predicted octanol–water partition coefficient (Wildman–Crippen LogP) is -7.18. The zero-order chi connectivity index (χ0) is 63.8. The Labute approximate surface area is 492 Å². The molecule has 12 atom stereocenters. The molecule has 3 aliphatic rings. The van der Waals surface area contributed by atoms with E-state index in [9.17, 15) is 64.8 Å². The molecule has 1 amide bonds. The number of hydrogen-bond acceptors (Lipinski definition) is 35. The van der Waals surface area contributed by atoms with Gasteiger partial charge in [0.2, 0.25) is 5.95 Å². The molecule has 11 rings (SSSR count). The number of nitrogens with two attached hydrogens (primary N) is 4. The van der Waals surface area contributed by atoms with Gasteiger partial charge in [0.15, 0.2) is 59.0 Å². The molecule has 0 aliphatic carbocycles. The lowest BCUT2D eigenvalue weighted by molar-refractivity contribution is -0.150. The van der Waals surface area contributed by atoms with Crippen molar-refractivity contribution in [2.45, 2.75) is 87.5 Å². The maximum atomic E-state index is 11.8. The third kappa shape index (κ3) is 13.0. The number of nitrogen functional groups attached to an aromatic ring is 4. The van der Waals surface area contributed by atoms with Gasteiger partial charge in [-0.2, -0.15) is 40.1 Å². The monoisotopic (exact) mass is 1240 g/mol. The van der Waals surface area contributed by atoms with Crippen LogP contribution in [0.2, 0.25) is 0 Å². The van der Waals surface area contributed by atoms with E-state index >= 15 is 0 Å². The number of aliphatic hydroxyl groups is 9. The van der Waals surface area contributed by atoms with Gasteiger partial charge in [-0.25, -0.2) is 35.0 Å². The lowest BCUT2D eigenvalue weighted by Gasteiger charge is -2.16. The van der Waals surface area contributed by atoms with Gasteiger partial charge in [-0.1, -0.05) is 0 Å². The first-order valence-electron chi connectivity index (χ1n) is 26.1. The molecule has 8 aromatic heterocycles. The van der Waals surface area contributed by atoms with Crippen LogP contribution in [0, 0.1) is 5.92 Å². The highest BCUT2D eigenvalue weighted by Crippen LogP contribution is 2.35. The number of amides is 1. The van der Waals surface area contributed by atoms with Crippen molar-refractivity contribution < 1.29 is 93.6 Å². The molecule has 11 heterocycles. The van der Waals surface area contributed by atoms with Gasteiger partial charge >= 0.3 is 11.9 Å². The first-order chi connectivity index (χ1) is 42.2. The molecule has 41 heteroatoms. The zero-order valence-corrected chi connectivity index (χ0v) is 46.3. The van der Waals surface area contributed by atoms with E-state index in [2.05, 4.69) is 70.5 Å². The Bertz CT molecular complexity index is 3760. The summed E-state index contributed by atoms with van der Waals surface area (Å²) in [6, 6.07) is 0. The average Bonchev–Trinajstić information content (AvgIpc) is 3.22. The summed E-state index contributed by atoms with van der Waals surface area (Å²) < 4.78 is 32.5. The van der Waals surface area contributed by atoms with Crippen LogP contribution in [-0.2, 0) is 38.1 Å². The number of anilines is 4. The lowest BCUT2D eigenvalue weighted by Crippen LogP contribution is -2.33. The van der Waals surface area contributed by atoms with Crippen LogP contribution in [0.25, 0.3) is 45.4 Å². The fourth-order valence-electron chi connectivity index (χ4n) is 8.78. The van der Waals surface area contributed by atoms with Gasteiger partial charge in [0.1, 0.15) is 84.1 Å². The van der Waals surface area contributed by atoms with Crippen LogP contribution in [0.4, 0.5) is 23.4 Å². The van der Waals surface area contributed by atoms with E-state index in [4.69, 9.17) is 47.1 Å². The van der Waals surface area contributed by atoms with Crippen molar-refractivity contribution in [1.29, 1.82) is 0 Å². The van der Waals surface area contributed by atoms with E-state index in [1.807, 2.05) is 0 Å². The Kier molecular flexibility index (Phi) is 20.4. The number of carbonyl (C=O) groups is 5. The molecule has 0 spiro atoms. The molecule has 0 aromatic carbocycles. The van der Waals surface area contributed by atoms with Crippen molar-refractivity contribution >= 4 is 87.3 Å². The molecule has 3 saturated heterocycles. The van der Waals surface area contributed by atoms with E-state index in [1.165, 1.54) is 73.9 Å². The van der Waals surface area contributed by atoms with Crippen molar-refractivity contribution in [2.75, 3.05) is 62.7 Å². The summed E-state index contributed by atoms with van der Waals surface area (Å²) in [6.45, 7) is 2.35. The van der Waals surface area contributed by atoms with Crippen molar-refractivity contribution in [1.82, 2.24) is 83.4 Å². The van der Waals surface area contributed by atoms with Crippen LogP contribution in [0.1, 0.15) is 53.2 Å². The molecule has 0 bridgehead atoms. The van der Waals surface area contributed by atoms with Gasteiger partial charge in [-0.15, -0.1) is 0 Å². The van der Waals surface area contributed by atoms with Crippen LogP contribution in [0.5, 0.6) is 0 Å². The highest BCUT2D eigenvalue weighted by atomic mass is 16.6. The summed E-state index contributed by atoms with van der Waals surface area (Å²) in [7, 11) is 1.50. The number of carbonyl (C=O) groups excluding carboxylic acids is 5. The topological polar surface area (TPSA) is 608 Å². The summed E-state index contributed by atoms with van der Waals surface area (Å²) in [5.74, 6) is 2.79. The Morgan fingerprint density at radius 1 is 0.591 bits per heavy atom. The van der Waals surface area contributed by atoms with Gasteiger partial charge < -0.3 is 102 Å². The molecule has 3 aliphatic heterocycles. The quantitative estimate of drug-likeness (QED) is 0.0140. The van der Waals surface area contributed by atoms with Gasteiger partial charge in [-0.05, 0) is 13.8 Å².